The minimum Gasteiger partial charge on any atom is -0.481 e. The van der Waals surface area contributed by atoms with Crippen LogP contribution in [0.15, 0.2) is 0 Å². The van der Waals surface area contributed by atoms with Gasteiger partial charge in [-0.2, -0.15) is 0 Å². The van der Waals surface area contributed by atoms with E-state index in [-0.39, 0.29) is 24.8 Å². The fourth-order valence-corrected chi connectivity index (χ4v) is 2.75. The molecule has 0 bridgehead atoms. The molecular weight excluding hydrogens is 272 g/mol. The molecule has 1 rings (SSSR count). The Balaban J connectivity index is 2.30. The van der Waals surface area contributed by atoms with Crippen LogP contribution in [0.4, 0.5) is 0 Å². The first-order valence-corrected chi connectivity index (χ1v) is 7.77. The maximum atomic E-state index is 11.8. The number of nitrogens with one attached hydrogen (secondary N) is 2. The van der Waals surface area contributed by atoms with Crippen molar-refractivity contribution in [2.75, 3.05) is 13.1 Å². The van der Waals surface area contributed by atoms with Crippen molar-refractivity contribution in [1.82, 2.24) is 10.6 Å². The predicted molar refractivity (Wildman–Crippen MR) is 78.7 cm³/mol. The lowest BCUT2D eigenvalue weighted by molar-refractivity contribution is -0.151. The Morgan fingerprint density at radius 3 is 2.10 bits per heavy atom. The summed E-state index contributed by atoms with van der Waals surface area (Å²) in [5.41, 5.74) is -0.798. The number of carboxylic acid groups (broad SMARTS) is 1. The molecule has 3 N–H and O–H groups in total. The van der Waals surface area contributed by atoms with Gasteiger partial charge in [-0.15, -0.1) is 0 Å². The van der Waals surface area contributed by atoms with Crippen LogP contribution in [0.2, 0.25) is 0 Å². The highest BCUT2D eigenvalue weighted by Crippen LogP contribution is 2.35. The number of hydrogen-bond donors (Lipinski definition) is 3. The molecule has 0 saturated heterocycles. The van der Waals surface area contributed by atoms with Gasteiger partial charge in [-0.25, -0.2) is 0 Å². The van der Waals surface area contributed by atoms with E-state index in [1.165, 1.54) is 0 Å². The van der Waals surface area contributed by atoms with Crippen LogP contribution in [0.3, 0.4) is 0 Å². The second-order valence-electron chi connectivity index (χ2n) is 5.73. The van der Waals surface area contributed by atoms with Gasteiger partial charge in [0.05, 0.1) is 5.41 Å². The van der Waals surface area contributed by atoms with Crippen LogP contribution in [0, 0.1) is 5.41 Å². The Morgan fingerprint density at radius 2 is 1.57 bits per heavy atom. The molecule has 0 atom stereocenters. The third-order valence-corrected chi connectivity index (χ3v) is 4.07. The summed E-state index contributed by atoms with van der Waals surface area (Å²) in [7, 11) is 0. The van der Waals surface area contributed by atoms with Crippen LogP contribution in [0.25, 0.3) is 0 Å². The van der Waals surface area contributed by atoms with Gasteiger partial charge < -0.3 is 15.7 Å². The van der Waals surface area contributed by atoms with Crippen LogP contribution >= 0.6 is 0 Å². The van der Waals surface area contributed by atoms with Crippen molar-refractivity contribution in [2.24, 2.45) is 5.41 Å². The molecule has 21 heavy (non-hydrogen) atoms. The largest absolute Gasteiger partial charge is 0.481 e. The molecule has 6 heteroatoms. The van der Waals surface area contributed by atoms with Gasteiger partial charge in [-0.05, 0) is 26.2 Å². The molecule has 120 valence electrons. The van der Waals surface area contributed by atoms with Crippen molar-refractivity contribution in [1.29, 1.82) is 0 Å². The van der Waals surface area contributed by atoms with Crippen molar-refractivity contribution < 1.29 is 19.5 Å². The van der Waals surface area contributed by atoms with Gasteiger partial charge in [-0.3, -0.25) is 14.4 Å². The molecule has 1 fully saturated rings. The monoisotopic (exact) mass is 298 g/mol. The summed E-state index contributed by atoms with van der Waals surface area (Å²) in [5, 5.41) is 14.8. The first-order valence-electron chi connectivity index (χ1n) is 7.77. The number of hydrogen-bond acceptors (Lipinski definition) is 3. The summed E-state index contributed by atoms with van der Waals surface area (Å²) < 4.78 is 0. The molecule has 0 aromatic heterocycles. The summed E-state index contributed by atoms with van der Waals surface area (Å²) in [6.07, 6.45) is 5.19. The lowest BCUT2D eigenvalue weighted by Gasteiger charge is -2.33. The van der Waals surface area contributed by atoms with Gasteiger partial charge in [0, 0.05) is 25.9 Å². The molecule has 0 aliphatic heterocycles. The standard InChI is InChI=1S/C15H26N2O4/c1-2-16-12(18)7-6-8-13(19)17-11-15(14(20)21)9-4-3-5-10-15/h2-11H2,1H3,(H,16,18)(H,17,19)(H,20,21). The topological polar surface area (TPSA) is 95.5 Å². The molecule has 0 spiro atoms. The average molecular weight is 298 g/mol. The Hall–Kier alpha value is -1.59. The van der Waals surface area contributed by atoms with Crippen LogP contribution in [-0.4, -0.2) is 36.0 Å². The number of carbonyl (C=O) groups is 3. The number of aliphatic carboxylic acids is 1. The molecule has 0 aromatic carbocycles. The molecule has 0 aromatic rings. The number of carbonyl (C=O) groups excluding carboxylic acids is 2. The summed E-state index contributed by atoms with van der Waals surface area (Å²) in [5.74, 6) is -1.05. The second-order valence-corrected chi connectivity index (χ2v) is 5.73. The van der Waals surface area contributed by atoms with E-state index >= 15 is 0 Å². The van der Waals surface area contributed by atoms with E-state index < -0.39 is 11.4 Å². The first-order chi connectivity index (χ1) is 10.00. The lowest BCUT2D eigenvalue weighted by Crippen LogP contribution is -2.44. The van der Waals surface area contributed by atoms with Crippen molar-refractivity contribution in [3.05, 3.63) is 0 Å². The summed E-state index contributed by atoms with van der Waals surface area (Å²) in [6, 6.07) is 0. The van der Waals surface area contributed by atoms with Gasteiger partial charge in [0.2, 0.25) is 11.8 Å². The molecule has 1 aliphatic rings. The van der Waals surface area contributed by atoms with E-state index in [0.717, 1.165) is 19.3 Å². The molecule has 1 saturated carbocycles. The summed E-state index contributed by atoms with van der Waals surface area (Å²) in [4.78, 5) is 34.5. The molecule has 6 nitrogen and oxygen atoms in total. The predicted octanol–water partition coefficient (Wildman–Crippen LogP) is 1.44. The van der Waals surface area contributed by atoms with E-state index in [1.54, 1.807) is 0 Å². The van der Waals surface area contributed by atoms with E-state index in [0.29, 0.717) is 32.2 Å². The molecule has 2 amide bonds. The van der Waals surface area contributed by atoms with Crippen molar-refractivity contribution >= 4 is 17.8 Å². The molecule has 0 unspecified atom stereocenters. The average Bonchev–Trinajstić information content (AvgIpc) is 2.46. The van der Waals surface area contributed by atoms with E-state index in [2.05, 4.69) is 10.6 Å². The second kappa shape index (κ2) is 8.64. The van der Waals surface area contributed by atoms with Crippen LogP contribution < -0.4 is 10.6 Å². The van der Waals surface area contributed by atoms with E-state index in [4.69, 9.17) is 0 Å². The number of rotatable bonds is 8. The Labute approximate surface area is 125 Å². The third kappa shape index (κ3) is 5.73. The molecule has 1 aliphatic carbocycles. The quantitative estimate of drug-likeness (QED) is 0.632. The minimum atomic E-state index is -0.815. The zero-order valence-corrected chi connectivity index (χ0v) is 12.7. The summed E-state index contributed by atoms with van der Waals surface area (Å²) in [6.45, 7) is 2.63. The zero-order valence-electron chi connectivity index (χ0n) is 12.7. The van der Waals surface area contributed by atoms with Crippen LogP contribution in [0.1, 0.15) is 58.3 Å². The van der Waals surface area contributed by atoms with E-state index in [1.807, 2.05) is 6.92 Å². The van der Waals surface area contributed by atoms with E-state index in [9.17, 15) is 19.5 Å². The fraction of sp³-hybridized carbons (Fsp3) is 0.800. The maximum Gasteiger partial charge on any atom is 0.311 e. The molecule has 0 radical (unpaired) electrons. The SMILES string of the molecule is CCNC(=O)CCCC(=O)NCC1(C(=O)O)CCCCC1. The highest BCUT2D eigenvalue weighted by atomic mass is 16.4. The maximum absolute atomic E-state index is 11.8. The van der Waals surface area contributed by atoms with Gasteiger partial charge in [0.15, 0.2) is 0 Å². The van der Waals surface area contributed by atoms with Gasteiger partial charge in [0.25, 0.3) is 0 Å². The van der Waals surface area contributed by atoms with Crippen LogP contribution in [0.5, 0.6) is 0 Å². The summed E-state index contributed by atoms with van der Waals surface area (Å²) >= 11 is 0. The van der Waals surface area contributed by atoms with Gasteiger partial charge in [0.1, 0.15) is 0 Å². The lowest BCUT2D eigenvalue weighted by atomic mass is 9.74. The highest BCUT2D eigenvalue weighted by Gasteiger charge is 2.39. The fourth-order valence-electron chi connectivity index (χ4n) is 2.75. The van der Waals surface area contributed by atoms with Crippen molar-refractivity contribution in [3.63, 3.8) is 0 Å². The molecule has 0 heterocycles. The zero-order chi connectivity index (χ0) is 15.7. The smallest absolute Gasteiger partial charge is 0.311 e. The van der Waals surface area contributed by atoms with Crippen molar-refractivity contribution in [3.8, 4) is 0 Å². The Morgan fingerprint density at radius 1 is 1.00 bits per heavy atom. The van der Waals surface area contributed by atoms with Gasteiger partial charge >= 0.3 is 5.97 Å². The minimum absolute atomic E-state index is 0.0559. The normalized spacial score (nSPS) is 17.0. The van der Waals surface area contributed by atoms with Gasteiger partial charge in [-0.1, -0.05) is 19.3 Å². The first kappa shape index (κ1) is 17.5. The highest BCUT2D eigenvalue weighted by molar-refractivity contribution is 5.80. The number of amides is 2. The Kier molecular flexibility index (Phi) is 7.19. The third-order valence-electron chi connectivity index (χ3n) is 4.07. The molecular formula is C15H26N2O4. The van der Waals surface area contributed by atoms with Crippen LogP contribution in [-0.2, 0) is 14.4 Å². The number of carboxylic acids is 1. The Bertz CT molecular complexity index is 376. The van der Waals surface area contributed by atoms with Crippen molar-refractivity contribution in [2.45, 2.75) is 58.3 Å².